The van der Waals surface area contributed by atoms with Crippen LogP contribution in [0.4, 0.5) is 33.1 Å². The number of amides is 1. The van der Waals surface area contributed by atoms with Gasteiger partial charge in [0.25, 0.3) is 11.6 Å². The first kappa shape index (κ1) is 21.5. The Balaban J connectivity index is 1.81. The number of hydrogen-bond donors (Lipinski definition) is 3. The molecule has 158 valence electrons. The maximum Gasteiger partial charge on any atom is 0.355 e. The maximum atomic E-state index is 14.1. The van der Waals surface area contributed by atoms with Crippen molar-refractivity contribution < 1.29 is 19.0 Å². The van der Waals surface area contributed by atoms with Gasteiger partial charge in [0.15, 0.2) is 0 Å². The molecule has 0 spiro atoms. The quantitative estimate of drug-likeness (QED) is 0.329. The molecule has 0 unspecified atom stereocenters. The van der Waals surface area contributed by atoms with E-state index in [1.807, 2.05) is 0 Å². The smallest absolute Gasteiger partial charge is 0.332 e. The first-order valence-electron chi connectivity index (χ1n) is 8.28. The van der Waals surface area contributed by atoms with Crippen LogP contribution in [0, 0.1) is 26.0 Å². The monoisotopic (exact) mass is 491 g/mol. The highest BCUT2D eigenvalue weighted by atomic mass is 79.9. The predicted octanol–water partition coefficient (Wildman–Crippen LogP) is 3.70. The lowest BCUT2D eigenvalue weighted by Crippen LogP contribution is -2.30. The summed E-state index contributed by atoms with van der Waals surface area (Å²) in [6.07, 6.45) is 0.979. The summed E-state index contributed by atoms with van der Waals surface area (Å²) in [5.74, 6) is -2.08. The third-order valence-electron chi connectivity index (χ3n) is 3.82. The summed E-state index contributed by atoms with van der Waals surface area (Å²) in [6.45, 7) is 0. The molecule has 0 atom stereocenters. The number of halogens is 2. The molecule has 3 N–H and O–H groups in total. The molecular weight excluding hydrogens is 481 g/mol. The molecule has 0 fully saturated rings. The molecule has 31 heavy (non-hydrogen) atoms. The average molecular weight is 492 g/mol. The van der Waals surface area contributed by atoms with Crippen molar-refractivity contribution in [1.29, 1.82) is 0 Å². The van der Waals surface area contributed by atoms with Gasteiger partial charge in [0.1, 0.15) is 12.1 Å². The lowest BCUT2D eigenvalue weighted by atomic mass is 10.2. The van der Waals surface area contributed by atoms with Crippen LogP contribution in [0.5, 0.6) is 0 Å². The summed E-state index contributed by atoms with van der Waals surface area (Å²) in [5.41, 5.74) is 3.67. The van der Waals surface area contributed by atoms with Crippen LogP contribution in [0.25, 0.3) is 0 Å². The van der Waals surface area contributed by atoms with E-state index in [9.17, 15) is 29.4 Å². The number of hydrazine groups is 1. The number of nitro benzene ring substituents is 1. The maximum absolute atomic E-state index is 14.1. The van der Waals surface area contributed by atoms with Gasteiger partial charge >= 0.3 is 5.69 Å². The van der Waals surface area contributed by atoms with Crippen LogP contribution in [-0.2, 0) is 0 Å². The van der Waals surface area contributed by atoms with Crippen LogP contribution in [0.3, 0.4) is 0 Å². The summed E-state index contributed by atoms with van der Waals surface area (Å²) in [5, 5.41) is 24.8. The van der Waals surface area contributed by atoms with Gasteiger partial charge in [-0.1, -0.05) is 15.9 Å². The Morgan fingerprint density at radius 1 is 1.00 bits per heavy atom. The van der Waals surface area contributed by atoms with Gasteiger partial charge in [0.05, 0.1) is 15.5 Å². The van der Waals surface area contributed by atoms with Crippen molar-refractivity contribution in [2.24, 2.45) is 0 Å². The molecule has 3 aromatic rings. The molecule has 1 heterocycles. The van der Waals surface area contributed by atoms with Crippen LogP contribution < -0.4 is 16.2 Å². The van der Waals surface area contributed by atoms with E-state index < -0.39 is 27.3 Å². The van der Waals surface area contributed by atoms with Crippen molar-refractivity contribution in [3.8, 4) is 0 Å². The van der Waals surface area contributed by atoms with E-state index in [2.05, 4.69) is 42.1 Å². The molecule has 2 aromatic carbocycles. The summed E-state index contributed by atoms with van der Waals surface area (Å²) < 4.78 is 14.5. The van der Waals surface area contributed by atoms with E-state index in [0.717, 1.165) is 18.5 Å². The number of anilines is 3. The van der Waals surface area contributed by atoms with E-state index in [1.54, 1.807) is 0 Å². The van der Waals surface area contributed by atoms with Crippen LogP contribution in [0.15, 0.2) is 53.3 Å². The van der Waals surface area contributed by atoms with E-state index >= 15 is 0 Å². The summed E-state index contributed by atoms with van der Waals surface area (Å²) in [4.78, 5) is 40.5. The number of nitro groups is 2. The van der Waals surface area contributed by atoms with Crippen molar-refractivity contribution >= 4 is 50.5 Å². The minimum absolute atomic E-state index is 0.0603. The van der Waals surface area contributed by atoms with Gasteiger partial charge in [-0.25, -0.2) is 14.4 Å². The van der Waals surface area contributed by atoms with Crippen molar-refractivity contribution in [2.75, 3.05) is 10.7 Å². The average Bonchev–Trinajstić information content (AvgIpc) is 2.74. The number of non-ortho nitro benzene ring substituents is 1. The first-order valence-corrected chi connectivity index (χ1v) is 9.08. The standard InChI is InChI=1S/C17H11BrFN7O5/c18-10-3-6-13(12(19)7-10)22-15-14(26(30)31)16(21-8-20-15)23-24-17(27)9-1-4-11(5-2-9)25(28)29/h1-8H,(H,24,27)(H2,20,21,22,23). The Bertz CT molecular complexity index is 1180. The number of nitrogens with zero attached hydrogens (tertiary/aromatic N) is 4. The molecule has 0 aliphatic rings. The Morgan fingerprint density at radius 3 is 2.29 bits per heavy atom. The van der Waals surface area contributed by atoms with Gasteiger partial charge in [-0.05, 0) is 30.3 Å². The molecule has 0 saturated heterocycles. The fourth-order valence-electron chi connectivity index (χ4n) is 2.38. The fraction of sp³-hybridized carbons (Fsp3) is 0. The van der Waals surface area contributed by atoms with E-state index in [-0.39, 0.29) is 28.6 Å². The van der Waals surface area contributed by atoms with E-state index in [0.29, 0.717) is 4.47 Å². The van der Waals surface area contributed by atoms with Crippen molar-refractivity contribution in [3.63, 3.8) is 0 Å². The molecular formula is C17H11BrFN7O5. The zero-order chi connectivity index (χ0) is 22.5. The third kappa shape index (κ3) is 5.05. The molecule has 0 bridgehead atoms. The van der Waals surface area contributed by atoms with Crippen molar-refractivity contribution in [2.45, 2.75) is 0 Å². The summed E-state index contributed by atoms with van der Waals surface area (Å²) in [6, 6.07) is 8.75. The number of hydrogen-bond acceptors (Lipinski definition) is 9. The first-order chi connectivity index (χ1) is 14.8. The Labute approximate surface area is 180 Å². The minimum Gasteiger partial charge on any atom is -0.332 e. The highest BCUT2D eigenvalue weighted by Crippen LogP contribution is 2.32. The topological polar surface area (TPSA) is 165 Å². The summed E-state index contributed by atoms with van der Waals surface area (Å²) in [7, 11) is 0. The number of rotatable bonds is 7. The van der Waals surface area contributed by atoms with Gasteiger partial charge in [-0.2, -0.15) is 0 Å². The van der Waals surface area contributed by atoms with E-state index in [1.165, 1.54) is 30.3 Å². The number of carbonyl (C=O) groups is 1. The number of aromatic nitrogens is 2. The fourth-order valence-corrected chi connectivity index (χ4v) is 2.71. The van der Waals surface area contributed by atoms with Gasteiger partial charge in [0.2, 0.25) is 11.6 Å². The second kappa shape index (κ2) is 9.08. The van der Waals surface area contributed by atoms with E-state index in [4.69, 9.17) is 0 Å². The highest BCUT2D eigenvalue weighted by Gasteiger charge is 2.24. The highest BCUT2D eigenvalue weighted by molar-refractivity contribution is 9.10. The second-order valence-electron chi connectivity index (χ2n) is 5.81. The third-order valence-corrected chi connectivity index (χ3v) is 4.32. The number of carbonyl (C=O) groups excluding carboxylic acids is 1. The molecule has 3 rings (SSSR count). The molecule has 1 amide bonds. The zero-order valence-corrected chi connectivity index (χ0v) is 16.8. The SMILES string of the molecule is O=C(NNc1ncnc(Nc2ccc(Br)cc2F)c1[N+](=O)[O-])c1ccc([N+](=O)[O-])cc1. The normalized spacial score (nSPS) is 10.3. The number of nitrogens with one attached hydrogen (secondary N) is 3. The summed E-state index contributed by atoms with van der Waals surface area (Å²) >= 11 is 3.11. The van der Waals surface area contributed by atoms with Crippen molar-refractivity contribution in [1.82, 2.24) is 15.4 Å². The molecule has 0 aliphatic heterocycles. The Morgan fingerprint density at radius 2 is 1.68 bits per heavy atom. The van der Waals surface area contributed by atoms with Gasteiger partial charge < -0.3 is 5.32 Å². The molecule has 0 aliphatic carbocycles. The molecule has 12 nitrogen and oxygen atoms in total. The lowest BCUT2D eigenvalue weighted by Gasteiger charge is -2.11. The zero-order valence-electron chi connectivity index (χ0n) is 15.2. The van der Waals surface area contributed by atoms with Gasteiger partial charge in [0, 0.05) is 22.2 Å². The molecule has 0 radical (unpaired) electrons. The van der Waals surface area contributed by atoms with Crippen LogP contribution in [0.2, 0.25) is 0 Å². The minimum atomic E-state index is -0.806. The molecule has 14 heteroatoms. The van der Waals surface area contributed by atoms with Crippen molar-refractivity contribution in [3.05, 3.63) is 84.9 Å². The Kier molecular flexibility index (Phi) is 6.30. The largest absolute Gasteiger partial charge is 0.355 e. The Hall–Kier alpha value is -4.20. The molecule has 0 saturated carbocycles. The lowest BCUT2D eigenvalue weighted by molar-refractivity contribution is -0.384. The van der Waals surface area contributed by atoms with Gasteiger partial charge in [-0.15, -0.1) is 0 Å². The van der Waals surface area contributed by atoms with Gasteiger partial charge in [-0.3, -0.25) is 35.9 Å². The number of benzene rings is 2. The molecule has 1 aromatic heterocycles. The van der Waals surface area contributed by atoms with Crippen LogP contribution >= 0.6 is 15.9 Å². The predicted molar refractivity (Wildman–Crippen MR) is 110 cm³/mol. The van der Waals surface area contributed by atoms with Crippen LogP contribution in [0.1, 0.15) is 10.4 Å². The van der Waals surface area contributed by atoms with Crippen LogP contribution in [-0.4, -0.2) is 25.7 Å². The second-order valence-corrected chi connectivity index (χ2v) is 6.72.